The van der Waals surface area contributed by atoms with Gasteiger partial charge in [0.1, 0.15) is 12.6 Å². The number of rotatable bonds is 2. The summed E-state index contributed by atoms with van der Waals surface area (Å²) >= 11 is 0. The number of ether oxygens (including phenoxy) is 1. The normalized spacial score (nSPS) is 10.2. The molecule has 56 valence electrons. The molecule has 0 atom stereocenters. The Hall–Kier alpha value is -1.10. The molecule has 0 spiro atoms. The van der Waals surface area contributed by atoms with Gasteiger partial charge in [0, 0.05) is 7.11 Å². The fourth-order valence-corrected chi connectivity index (χ4v) is 0.689. The van der Waals surface area contributed by atoms with Gasteiger partial charge in [0.05, 0.1) is 0 Å². The minimum Gasteiger partial charge on any atom is -0.368 e. The summed E-state index contributed by atoms with van der Waals surface area (Å²) in [6.07, 6.45) is 0. The van der Waals surface area contributed by atoms with Crippen LogP contribution in [0.15, 0.2) is 0 Å². The van der Waals surface area contributed by atoms with Crippen molar-refractivity contribution in [3.63, 3.8) is 0 Å². The van der Waals surface area contributed by atoms with Crippen molar-refractivity contribution in [3.05, 3.63) is 5.82 Å². The van der Waals surface area contributed by atoms with E-state index in [0.29, 0.717) is 18.5 Å². The molecule has 0 radical (unpaired) electrons. The lowest BCUT2D eigenvalue weighted by atomic mass is 10.8. The molecule has 10 heavy (non-hydrogen) atoms. The molecule has 2 N–H and O–H groups in total. The zero-order valence-corrected chi connectivity index (χ0v) is 6.03. The lowest BCUT2D eigenvalue weighted by Gasteiger charge is -1.97. The van der Waals surface area contributed by atoms with E-state index in [1.165, 1.54) is 4.68 Å². The molecule has 0 aromatic carbocycles. The molecule has 0 aliphatic carbocycles. The van der Waals surface area contributed by atoms with Crippen LogP contribution in [0.3, 0.4) is 0 Å². The van der Waals surface area contributed by atoms with Crippen molar-refractivity contribution in [3.8, 4) is 0 Å². The van der Waals surface area contributed by atoms with E-state index < -0.39 is 0 Å². The van der Waals surface area contributed by atoms with E-state index in [9.17, 15) is 0 Å². The van der Waals surface area contributed by atoms with Crippen LogP contribution in [-0.2, 0) is 11.5 Å². The van der Waals surface area contributed by atoms with Crippen LogP contribution in [0.2, 0.25) is 0 Å². The number of nitrogens with zero attached hydrogens (tertiary/aromatic N) is 3. The number of aromatic nitrogens is 3. The fraction of sp³-hybridized carbons (Fsp3) is 0.600. The minimum absolute atomic E-state index is 0.354. The summed E-state index contributed by atoms with van der Waals surface area (Å²) in [5.74, 6) is 1.05. The standard InChI is InChI=1S/C5H10N4O/c1-4-7-5(6)9(8-4)3-10-2/h3H2,1-2H3,(H2,6,7,8). The molecule has 1 aromatic rings. The number of nitrogen functional groups attached to an aromatic ring is 1. The lowest BCUT2D eigenvalue weighted by Crippen LogP contribution is -2.06. The maximum atomic E-state index is 5.44. The topological polar surface area (TPSA) is 66.0 Å². The number of hydrogen-bond acceptors (Lipinski definition) is 4. The van der Waals surface area contributed by atoms with Gasteiger partial charge >= 0.3 is 0 Å². The Bertz CT molecular complexity index is 219. The highest BCUT2D eigenvalue weighted by atomic mass is 16.5. The second-order valence-corrected chi connectivity index (χ2v) is 1.93. The maximum absolute atomic E-state index is 5.44. The van der Waals surface area contributed by atoms with Crippen molar-refractivity contribution in [2.75, 3.05) is 12.8 Å². The SMILES string of the molecule is COCn1nc(C)nc1N. The molecule has 0 saturated carbocycles. The van der Waals surface area contributed by atoms with Crippen LogP contribution in [0.5, 0.6) is 0 Å². The van der Waals surface area contributed by atoms with Crippen LogP contribution >= 0.6 is 0 Å². The number of aryl methyl sites for hydroxylation is 1. The van der Waals surface area contributed by atoms with Gasteiger partial charge in [0.15, 0.2) is 0 Å². The van der Waals surface area contributed by atoms with Crippen LogP contribution in [0.4, 0.5) is 5.95 Å². The van der Waals surface area contributed by atoms with Gasteiger partial charge in [-0.1, -0.05) is 0 Å². The molecule has 5 heteroatoms. The van der Waals surface area contributed by atoms with Gasteiger partial charge in [-0.2, -0.15) is 10.1 Å². The van der Waals surface area contributed by atoms with Crippen molar-refractivity contribution < 1.29 is 4.74 Å². The highest BCUT2D eigenvalue weighted by Gasteiger charge is 2.00. The van der Waals surface area contributed by atoms with Gasteiger partial charge in [0.2, 0.25) is 5.95 Å². The van der Waals surface area contributed by atoms with Gasteiger partial charge in [-0.15, -0.1) is 0 Å². The Morgan fingerprint density at radius 1 is 1.70 bits per heavy atom. The molecule has 5 nitrogen and oxygen atoms in total. The molecule has 0 aliphatic heterocycles. The third-order valence-electron chi connectivity index (χ3n) is 1.06. The molecule has 0 saturated heterocycles. The van der Waals surface area contributed by atoms with Crippen LogP contribution < -0.4 is 5.73 Å². The molecule has 1 heterocycles. The average Bonchev–Trinajstić information content (AvgIpc) is 2.13. The zero-order valence-electron chi connectivity index (χ0n) is 6.03. The molecule has 0 bridgehead atoms. The predicted octanol–water partition coefficient (Wildman–Crippen LogP) is -0.227. The molecule has 1 rings (SSSR count). The largest absolute Gasteiger partial charge is 0.368 e. The summed E-state index contributed by atoms with van der Waals surface area (Å²) in [5, 5.41) is 3.96. The summed E-state index contributed by atoms with van der Waals surface area (Å²) in [6, 6.07) is 0. The van der Waals surface area contributed by atoms with Crippen LogP contribution in [0.1, 0.15) is 5.82 Å². The number of hydrogen-bond donors (Lipinski definition) is 1. The van der Waals surface area contributed by atoms with E-state index in [4.69, 9.17) is 10.5 Å². The van der Waals surface area contributed by atoms with Gasteiger partial charge in [-0.3, -0.25) is 0 Å². The Balaban J connectivity index is 2.81. The molecule has 0 fully saturated rings. The molecular weight excluding hydrogens is 132 g/mol. The smallest absolute Gasteiger partial charge is 0.220 e. The first-order chi connectivity index (χ1) is 4.74. The predicted molar refractivity (Wildman–Crippen MR) is 36.2 cm³/mol. The van der Waals surface area contributed by atoms with Gasteiger partial charge < -0.3 is 10.5 Å². The molecule has 1 aromatic heterocycles. The zero-order chi connectivity index (χ0) is 7.56. The van der Waals surface area contributed by atoms with Crippen LogP contribution in [0.25, 0.3) is 0 Å². The Morgan fingerprint density at radius 2 is 2.40 bits per heavy atom. The monoisotopic (exact) mass is 142 g/mol. The number of anilines is 1. The molecule has 0 aliphatic rings. The molecule has 0 unspecified atom stereocenters. The van der Waals surface area contributed by atoms with E-state index in [1.807, 2.05) is 0 Å². The first-order valence-corrected chi connectivity index (χ1v) is 2.90. The van der Waals surface area contributed by atoms with Crippen molar-refractivity contribution >= 4 is 5.95 Å². The Kier molecular flexibility index (Phi) is 1.86. The first-order valence-electron chi connectivity index (χ1n) is 2.90. The first kappa shape index (κ1) is 7.01. The van der Waals surface area contributed by atoms with E-state index in [1.54, 1.807) is 14.0 Å². The fourth-order valence-electron chi connectivity index (χ4n) is 0.689. The van der Waals surface area contributed by atoms with Crippen molar-refractivity contribution in [1.82, 2.24) is 14.8 Å². The highest BCUT2D eigenvalue weighted by Crippen LogP contribution is 1.97. The van der Waals surface area contributed by atoms with E-state index in [2.05, 4.69) is 10.1 Å². The summed E-state index contributed by atoms with van der Waals surface area (Å²) in [6.45, 7) is 2.13. The third kappa shape index (κ3) is 1.24. The minimum atomic E-state index is 0.354. The van der Waals surface area contributed by atoms with E-state index in [0.717, 1.165) is 0 Å². The number of methoxy groups -OCH3 is 1. The highest BCUT2D eigenvalue weighted by molar-refractivity contribution is 5.14. The molecule has 0 amide bonds. The van der Waals surface area contributed by atoms with Crippen molar-refractivity contribution in [2.24, 2.45) is 0 Å². The second-order valence-electron chi connectivity index (χ2n) is 1.93. The molecular formula is C5H10N4O. The maximum Gasteiger partial charge on any atom is 0.220 e. The van der Waals surface area contributed by atoms with E-state index in [-0.39, 0.29) is 0 Å². The summed E-state index contributed by atoms with van der Waals surface area (Å²) in [5.41, 5.74) is 5.44. The summed E-state index contributed by atoms with van der Waals surface area (Å²) in [4.78, 5) is 3.88. The van der Waals surface area contributed by atoms with Gasteiger partial charge in [-0.05, 0) is 6.92 Å². The van der Waals surface area contributed by atoms with Gasteiger partial charge in [0.25, 0.3) is 0 Å². The number of nitrogens with two attached hydrogens (primary N) is 1. The second kappa shape index (κ2) is 2.66. The summed E-state index contributed by atoms with van der Waals surface area (Å²) < 4.78 is 6.30. The van der Waals surface area contributed by atoms with Crippen molar-refractivity contribution in [2.45, 2.75) is 13.7 Å². The average molecular weight is 142 g/mol. The van der Waals surface area contributed by atoms with Gasteiger partial charge in [-0.25, -0.2) is 4.68 Å². The van der Waals surface area contributed by atoms with Crippen molar-refractivity contribution in [1.29, 1.82) is 0 Å². The lowest BCUT2D eigenvalue weighted by molar-refractivity contribution is 0.122. The van der Waals surface area contributed by atoms with Crippen LogP contribution in [0, 0.1) is 6.92 Å². The van der Waals surface area contributed by atoms with Crippen LogP contribution in [-0.4, -0.2) is 21.9 Å². The summed E-state index contributed by atoms with van der Waals surface area (Å²) in [7, 11) is 1.58. The Labute approximate surface area is 58.8 Å². The van der Waals surface area contributed by atoms with E-state index >= 15 is 0 Å². The quantitative estimate of drug-likeness (QED) is 0.619. The third-order valence-corrected chi connectivity index (χ3v) is 1.06. The Morgan fingerprint density at radius 3 is 2.80 bits per heavy atom.